The molecule has 0 amide bonds. The fourth-order valence-corrected chi connectivity index (χ4v) is 1.16. The molecule has 0 fully saturated rings. The summed E-state index contributed by atoms with van der Waals surface area (Å²) >= 11 is 0. The summed E-state index contributed by atoms with van der Waals surface area (Å²) in [6.07, 6.45) is -7.94. The van der Waals surface area contributed by atoms with Crippen molar-refractivity contribution in [3.63, 3.8) is 0 Å². The molecule has 0 aliphatic rings. The monoisotopic (exact) mass is 271 g/mol. The first kappa shape index (κ1) is 14.1. The Morgan fingerprint density at radius 1 is 1.39 bits per heavy atom. The lowest BCUT2D eigenvalue weighted by atomic mass is 10.2. The fourth-order valence-electron chi connectivity index (χ4n) is 1.16. The molecular formula is C9H6F5NO3. The fraction of sp³-hybridized carbons (Fsp3) is 0.333. The van der Waals surface area contributed by atoms with Crippen LogP contribution in [0.5, 0.6) is 11.5 Å². The summed E-state index contributed by atoms with van der Waals surface area (Å²) in [5, 5.41) is 0. The van der Waals surface area contributed by atoms with Crippen LogP contribution < -0.4 is 9.47 Å². The minimum Gasteiger partial charge on any atom is -0.491 e. The molecule has 1 aromatic rings. The van der Waals surface area contributed by atoms with Gasteiger partial charge in [-0.1, -0.05) is 0 Å². The number of hydrogen-bond acceptors (Lipinski definition) is 4. The maximum absolute atomic E-state index is 12.5. The smallest absolute Gasteiger partial charge is 0.491 e. The van der Waals surface area contributed by atoms with Crippen molar-refractivity contribution in [3.8, 4) is 11.5 Å². The van der Waals surface area contributed by atoms with E-state index < -0.39 is 35.5 Å². The average Bonchev–Trinajstić information content (AvgIpc) is 2.26. The zero-order chi connectivity index (χ0) is 13.9. The van der Waals surface area contributed by atoms with Crippen molar-refractivity contribution in [1.82, 2.24) is 4.98 Å². The molecular weight excluding hydrogens is 265 g/mol. The van der Waals surface area contributed by atoms with Crippen molar-refractivity contribution in [1.29, 1.82) is 0 Å². The Morgan fingerprint density at radius 2 is 2.00 bits per heavy atom. The highest BCUT2D eigenvalue weighted by Crippen LogP contribution is 2.37. The van der Waals surface area contributed by atoms with Crippen molar-refractivity contribution in [2.75, 3.05) is 7.11 Å². The van der Waals surface area contributed by atoms with E-state index in [1.54, 1.807) is 0 Å². The number of alkyl halides is 5. The van der Waals surface area contributed by atoms with E-state index in [1.165, 1.54) is 0 Å². The number of rotatable bonds is 4. The summed E-state index contributed by atoms with van der Waals surface area (Å²) in [4.78, 5) is 13.8. The van der Waals surface area contributed by atoms with E-state index in [0.29, 0.717) is 6.20 Å². The van der Waals surface area contributed by atoms with Crippen LogP contribution in [0.1, 0.15) is 22.5 Å². The third-order valence-corrected chi connectivity index (χ3v) is 1.83. The lowest BCUT2D eigenvalue weighted by molar-refractivity contribution is -0.275. The summed E-state index contributed by atoms with van der Waals surface area (Å²) < 4.78 is 69.2. The molecule has 0 saturated carbocycles. The molecule has 18 heavy (non-hydrogen) atoms. The van der Waals surface area contributed by atoms with Gasteiger partial charge in [-0.15, -0.1) is 13.2 Å². The molecule has 1 heterocycles. The molecule has 0 radical (unpaired) electrons. The Bertz CT molecular complexity index is 447. The predicted molar refractivity (Wildman–Crippen MR) is 47.8 cm³/mol. The Labute approximate surface area is 97.3 Å². The van der Waals surface area contributed by atoms with Gasteiger partial charge in [0.15, 0.2) is 17.8 Å². The van der Waals surface area contributed by atoms with Gasteiger partial charge in [0, 0.05) is 0 Å². The Balaban J connectivity index is 3.42. The molecule has 4 nitrogen and oxygen atoms in total. The first-order valence-corrected chi connectivity index (χ1v) is 4.36. The highest BCUT2D eigenvalue weighted by atomic mass is 19.4. The first-order chi connectivity index (χ1) is 8.30. The number of aldehydes is 1. The number of methoxy groups -OCH3 is 1. The molecule has 0 unspecified atom stereocenters. The molecule has 0 spiro atoms. The lowest BCUT2D eigenvalue weighted by Crippen LogP contribution is -2.19. The van der Waals surface area contributed by atoms with Crippen LogP contribution >= 0.6 is 0 Å². The Kier molecular flexibility index (Phi) is 4.04. The molecule has 0 N–H and O–H groups in total. The SMILES string of the molecule is COc1cnc(C(F)F)c(C=O)c1OC(F)(F)F. The van der Waals surface area contributed by atoms with Gasteiger partial charge < -0.3 is 9.47 Å². The third kappa shape index (κ3) is 3.05. The van der Waals surface area contributed by atoms with Crippen LogP contribution in [0, 0.1) is 0 Å². The van der Waals surface area contributed by atoms with Crippen molar-refractivity contribution >= 4 is 6.29 Å². The van der Waals surface area contributed by atoms with E-state index in [0.717, 1.165) is 7.11 Å². The number of halogens is 5. The molecule has 9 heteroatoms. The van der Waals surface area contributed by atoms with Crippen molar-refractivity contribution in [2.45, 2.75) is 12.8 Å². The van der Waals surface area contributed by atoms with E-state index in [4.69, 9.17) is 0 Å². The van der Waals surface area contributed by atoms with Crippen LogP contribution in [0.3, 0.4) is 0 Å². The molecule has 0 atom stereocenters. The largest absolute Gasteiger partial charge is 0.573 e. The maximum atomic E-state index is 12.5. The molecule has 1 aromatic heterocycles. The Hall–Kier alpha value is -1.93. The summed E-state index contributed by atoms with van der Waals surface area (Å²) in [7, 11) is 0.983. The van der Waals surface area contributed by atoms with Gasteiger partial charge in [-0.2, -0.15) is 0 Å². The van der Waals surface area contributed by atoms with Gasteiger partial charge in [0.1, 0.15) is 5.69 Å². The van der Waals surface area contributed by atoms with Gasteiger partial charge in [0.2, 0.25) is 0 Å². The molecule has 0 aromatic carbocycles. The second-order valence-corrected chi connectivity index (χ2v) is 2.92. The molecule has 1 rings (SSSR count). The standard InChI is InChI=1S/C9H6F5NO3/c1-17-5-2-15-6(8(10)11)4(3-16)7(5)18-9(12,13)14/h2-3,8H,1H3. The van der Waals surface area contributed by atoms with Crippen molar-refractivity contribution < 1.29 is 36.2 Å². The van der Waals surface area contributed by atoms with Gasteiger partial charge in [0.25, 0.3) is 6.43 Å². The minimum atomic E-state index is -5.15. The van der Waals surface area contributed by atoms with Gasteiger partial charge in [-0.25, -0.2) is 8.78 Å². The first-order valence-electron chi connectivity index (χ1n) is 4.36. The van der Waals surface area contributed by atoms with Gasteiger partial charge in [0.05, 0.1) is 18.9 Å². The highest BCUT2D eigenvalue weighted by molar-refractivity contribution is 5.82. The van der Waals surface area contributed by atoms with Crippen molar-refractivity contribution in [3.05, 3.63) is 17.5 Å². The zero-order valence-electron chi connectivity index (χ0n) is 8.79. The normalized spacial score (nSPS) is 11.5. The van der Waals surface area contributed by atoms with E-state index >= 15 is 0 Å². The lowest BCUT2D eigenvalue weighted by Gasteiger charge is -2.15. The quantitative estimate of drug-likeness (QED) is 0.624. The summed E-state index contributed by atoms with van der Waals surface area (Å²) in [6.45, 7) is 0. The maximum Gasteiger partial charge on any atom is 0.573 e. The van der Waals surface area contributed by atoms with E-state index in [2.05, 4.69) is 14.5 Å². The second-order valence-electron chi connectivity index (χ2n) is 2.92. The highest BCUT2D eigenvalue weighted by Gasteiger charge is 2.35. The van der Waals surface area contributed by atoms with Crippen LogP contribution in [-0.4, -0.2) is 24.7 Å². The molecule has 0 aliphatic carbocycles. The third-order valence-electron chi connectivity index (χ3n) is 1.83. The van der Waals surface area contributed by atoms with Crippen LogP contribution in [0.15, 0.2) is 6.20 Å². The van der Waals surface area contributed by atoms with E-state index in [-0.39, 0.29) is 6.29 Å². The van der Waals surface area contributed by atoms with E-state index in [9.17, 15) is 26.7 Å². The molecule has 0 saturated heterocycles. The van der Waals surface area contributed by atoms with Gasteiger partial charge >= 0.3 is 6.36 Å². The molecule has 0 bridgehead atoms. The van der Waals surface area contributed by atoms with Gasteiger partial charge in [-0.05, 0) is 0 Å². The second kappa shape index (κ2) is 5.15. The predicted octanol–water partition coefficient (Wildman–Crippen LogP) is 2.74. The van der Waals surface area contributed by atoms with Gasteiger partial charge in [-0.3, -0.25) is 9.78 Å². The average molecular weight is 271 g/mol. The summed E-state index contributed by atoms with van der Waals surface area (Å²) in [6, 6.07) is 0. The van der Waals surface area contributed by atoms with Crippen molar-refractivity contribution in [2.24, 2.45) is 0 Å². The van der Waals surface area contributed by atoms with Crippen LogP contribution in [0.25, 0.3) is 0 Å². The number of carbonyl (C=O) groups excluding carboxylic acids is 1. The number of pyridine rings is 1. The minimum absolute atomic E-state index is 0.196. The summed E-state index contributed by atoms with van der Waals surface area (Å²) in [5.41, 5.74) is -2.10. The molecule has 0 aliphatic heterocycles. The van der Waals surface area contributed by atoms with Crippen LogP contribution in [0.4, 0.5) is 22.0 Å². The zero-order valence-corrected chi connectivity index (χ0v) is 8.79. The topological polar surface area (TPSA) is 48.4 Å². The summed E-state index contributed by atoms with van der Waals surface area (Å²) in [5.74, 6) is -1.70. The Morgan fingerprint density at radius 3 is 2.39 bits per heavy atom. The number of carbonyl (C=O) groups is 1. The number of nitrogens with zero attached hydrogens (tertiary/aromatic N) is 1. The van der Waals surface area contributed by atoms with Crippen LogP contribution in [0.2, 0.25) is 0 Å². The van der Waals surface area contributed by atoms with Crippen LogP contribution in [-0.2, 0) is 0 Å². The number of ether oxygens (including phenoxy) is 2. The number of hydrogen-bond donors (Lipinski definition) is 0. The number of aromatic nitrogens is 1. The molecule has 100 valence electrons. The van der Waals surface area contributed by atoms with E-state index in [1.807, 2.05) is 0 Å².